The van der Waals surface area contributed by atoms with Gasteiger partial charge in [0.1, 0.15) is 5.75 Å². The SMILES string of the molecule is COc1ccc(N)cc1-c1nnnn1-c1ccccc1. The summed E-state index contributed by atoms with van der Waals surface area (Å²) >= 11 is 0. The van der Waals surface area contributed by atoms with E-state index in [1.54, 1.807) is 30.0 Å². The van der Waals surface area contributed by atoms with Crippen LogP contribution in [0.5, 0.6) is 5.75 Å². The predicted molar refractivity (Wildman–Crippen MR) is 75.6 cm³/mol. The third-order valence-electron chi connectivity index (χ3n) is 2.93. The molecule has 0 radical (unpaired) electrons. The number of hydrogen-bond donors (Lipinski definition) is 1. The van der Waals surface area contributed by atoms with E-state index in [4.69, 9.17) is 10.5 Å². The van der Waals surface area contributed by atoms with Gasteiger partial charge in [-0.3, -0.25) is 0 Å². The van der Waals surface area contributed by atoms with E-state index in [1.165, 1.54) is 0 Å². The molecule has 0 bridgehead atoms. The van der Waals surface area contributed by atoms with Crippen molar-refractivity contribution in [2.45, 2.75) is 0 Å². The lowest BCUT2D eigenvalue weighted by Crippen LogP contribution is -2.01. The zero-order chi connectivity index (χ0) is 13.9. The van der Waals surface area contributed by atoms with E-state index in [-0.39, 0.29) is 0 Å². The number of methoxy groups -OCH3 is 1. The highest BCUT2D eigenvalue weighted by atomic mass is 16.5. The number of ether oxygens (including phenoxy) is 1. The zero-order valence-electron chi connectivity index (χ0n) is 10.9. The van der Waals surface area contributed by atoms with Crippen LogP contribution < -0.4 is 10.5 Å². The van der Waals surface area contributed by atoms with Crippen molar-refractivity contribution in [3.05, 3.63) is 48.5 Å². The van der Waals surface area contributed by atoms with Crippen molar-refractivity contribution in [1.82, 2.24) is 20.2 Å². The van der Waals surface area contributed by atoms with Crippen LogP contribution in [0.15, 0.2) is 48.5 Å². The molecule has 2 N–H and O–H groups in total. The number of aromatic nitrogens is 4. The summed E-state index contributed by atoms with van der Waals surface area (Å²) in [4.78, 5) is 0. The number of anilines is 1. The van der Waals surface area contributed by atoms with Crippen LogP contribution in [-0.4, -0.2) is 27.3 Å². The summed E-state index contributed by atoms with van der Waals surface area (Å²) in [5.74, 6) is 1.26. The van der Waals surface area contributed by atoms with Gasteiger partial charge in [-0.15, -0.1) is 5.10 Å². The Kier molecular flexibility index (Phi) is 3.04. The molecule has 0 unspecified atom stereocenters. The Bertz CT molecular complexity index is 723. The van der Waals surface area contributed by atoms with E-state index >= 15 is 0 Å². The lowest BCUT2D eigenvalue weighted by atomic mass is 10.1. The van der Waals surface area contributed by atoms with Crippen molar-refractivity contribution in [3.63, 3.8) is 0 Å². The van der Waals surface area contributed by atoms with Gasteiger partial charge < -0.3 is 10.5 Å². The largest absolute Gasteiger partial charge is 0.496 e. The van der Waals surface area contributed by atoms with Crippen LogP contribution in [0.25, 0.3) is 17.1 Å². The number of rotatable bonds is 3. The number of benzene rings is 2. The van der Waals surface area contributed by atoms with Gasteiger partial charge >= 0.3 is 0 Å². The van der Waals surface area contributed by atoms with Gasteiger partial charge in [-0.2, -0.15) is 4.68 Å². The van der Waals surface area contributed by atoms with Crippen LogP contribution in [0.1, 0.15) is 0 Å². The second-order valence-electron chi connectivity index (χ2n) is 4.21. The molecule has 0 saturated heterocycles. The first-order valence-corrected chi connectivity index (χ1v) is 6.07. The Morgan fingerprint density at radius 1 is 1.10 bits per heavy atom. The average Bonchev–Trinajstić information content (AvgIpc) is 2.97. The summed E-state index contributed by atoms with van der Waals surface area (Å²) in [6.07, 6.45) is 0. The monoisotopic (exact) mass is 267 g/mol. The number of nitrogens with zero attached hydrogens (tertiary/aromatic N) is 4. The number of nitrogen functional groups attached to an aromatic ring is 1. The maximum atomic E-state index is 5.84. The number of hydrogen-bond acceptors (Lipinski definition) is 5. The summed E-state index contributed by atoms with van der Waals surface area (Å²) in [6, 6.07) is 15.0. The van der Waals surface area contributed by atoms with Crippen molar-refractivity contribution in [2.75, 3.05) is 12.8 Å². The van der Waals surface area contributed by atoms with Gasteiger partial charge in [0.05, 0.1) is 18.4 Å². The molecule has 3 aromatic rings. The molecule has 0 atom stereocenters. The second-order valence-corrected chi connectivity index (χ2v) is 4.21. The van der Waals surface area contributed by atoms with Gasteiger partial charge in [0.15, 0.2) is 5.82 Å². The average molecular weight is 267 g/mol. The number of nitrogens with two attached hydrogens (primary N) is 1. The fourth-order valence-corrected chi connectivity index (χ4v) is 2.00. The van der Waals surface area contributed by atoms with Gasteiger partial charge in [0.2, 0.25) is 0 Å². The molecular weight excluding hydrogens is 254 g/mol. The van der Waals surface area contributed by atoms with Crippen molar-refractivity contribution in [2.24, 2.45) is 0 Å². The predicted octanol–water partition coefficient (Wildman–Crippen LogP) is 1.92. The van der Waals surface area contributed by atoms with Crippen molar-refractivity contribution < 1.29 is 4.74 Å². The Morgan fingerprint density at radius 3 is 2.65 bits per heavy atom. The van der Waals surface area contributed by atoms with Crippen LogP contribution in [-0.2, 0) is 0 Å². The zero-order valence-corrected chi connectivity index (χ0v) is 10.9. The lowest BCUT2D eigenvalue weighted by molar-refractivity contribution is 0.416. The minimum absolute atomic E-state index is 0.584. The minimum Gasteiger partial charge on any atom is -0.496 e. The molecule has 2 aromatic carbocycles. The first-order chi connectivity index (χ1) is 9.79. The molecule has 0 fully saturated rings. The molecule has 0 amide bonds. The molecule has 0 aliphatic rings. The van der Waals surface area contributed by atoms with E-state index in [1.807, 2.05) is 30.3 Å². The molecule has 1 heterocycles. The first-order valence-electron chi connectivity index (χ1n) is 6.07. The van der Waals surface area contributed by atoms with E-state index in [0.717, 1.165) is 11.3 Å². The molecule has 6 nitrogen and oxygen atoms in total. The molecule has 6 heteroatoms. The maximum Gasteiger partial charge on any atom is 0.190 e. The van der Waals surface area contributed by atoms with Crippen molar-refractivity contribution >= 4 is 5.69 Å². The van der Waals surface area contributed by atoms with E-state index in [2.05, 4.69) is 15.5 Å². The smallest absolute Gasteiger partial charge is 0.190 e. The summed E-state index contributed by atoms with van der Waals surface area (Å²) in [5, 5.41) is 11.9. The summed E-state index contributed by atoms with van der Waals surface area (Å²) in [7, 11) is 1.60. The highest BCUT2D eigenvalue weighted by molar-refractivity contribution is 5.69. The van der Waals surface area contributed by atoms with Gasteiger partial charge in [-0.1, -0.05) is 18.2 Å². The fourth-order valence-electron chi connectivity index (χ4n) is 2.00. The summed E-state index contributed by atoms with van der Waals surface area (Å²) in [5.41, 5.74) is 8.10. The molecule has 0 aliphatic carbocycles. The minimum atomic E-state index is 0.584. The van der Waals surface area contributed by atoms with Crippen LogP contribution in [0.2, 0.25) is 0 Å². The number of para-hydroxylation sites is 1. The van der Waals surface area contributed by atoms with Gasteiger partial charge in [0, 0.05) is 5.69 Å². The van der Waals surface area contributed by atoms with Gasteiger partial charge in [-0.05, 0) is 40.8 Å². The third kappa shape index (κ3) is 2.07. The van der Waals surface area contributed by atoms with Crippen LogP contribution >= 0.6 is 0 Å². The first kappa shape index (κ1) is 12.2. The lowest BCUT2D eigenvalue weighted by Gasteiger charge is -2.09. The summed E-state index contributed by atoms with van der Waals surface area (Å²) in [6.45, 7) is 0. The van der Waals surface area contributed by atoms with Crippen LogP contribution in [0.4, 0.5) is 5.69 Å². The van der Waals surface area contributed by atoms with Crippen molar-refractivity contribution in [3.8, 4) is 22.8 Å². The van der Waals surface area contributed by atoms with Crippen LogP contribution in [0.3, 0.4) is 0 Å². The molecule has 0 aliphatic heterocycles. The third-order valence-corrected chi connectivity index (χ3v) is 2.93. The molecule has 1 aromatic heterocycles. The molecule has 0 saturated carbocycles. The Balaban J connectivity index is 2.18. The van der Waals surface area contributed by atoms with Crippen molar-refractivity contribution in [1.29, 1.82) is 0 Å². The second kappa shape index (κ2) is 5.00. The fraction of sp³-hybridized carbons (Fsp3) is 0.0714. The number of tetrazole rings is 1. The highest BCUT2D eigenvalue weighted by Gasteiger charge is 2.15. The molecular formula is C14H13N5O. The summed E-state index contributed by atoms with van der Waals surface area (Å²) < 4.78 is 7.00. The van der Waals surface area contributed by atoms with Gasteiger partial charge in [-0.25, -0.2) is 0 Å². The van der Waals surface area contributed by atoms with E-state index in [0.29, 0.717) is 17.3 Å². The molecule has 20 heavy (non-hydrogen) atoms. The van der Waals surface area contributed by atoms with E-state index in [9.17, 15) is 0 Å². The quantitative estimate of drug-likeness (QED) is 0.733. The van der Waals surface area contributed by atoms with E-state index < -0.39 is 0 Å². The molecule has 100 valence electrons. The normalized spacial score (nSPS) is 10.4. The standard InChI is InChI=1S/C14H13N5O/c1-20-13-8-7-10(15)9-12(13)14-16-17-18-19(14)11-5-3-2-4-6-11/h2-9H,15H2,1H3. The molecule has 3 rings (SSSR count). The van der Waals surface area contributed by atoms with Crippen LogP contribution in [0, 0.1) is 0 Å². The Labute approximate surface area is 115 Å². The Morgan fingerprint density at radius 2 is 1.90 bits per heavy atom. The highest BCUT2D eigenvalue weighted by Crippen LogP contribution is 2.30. The Hall–Kier alpha value is -2.89. The maximum absolute atomic E-state index is 5.84. The van der Waals surface area contributed by atoms with Gasteiger partial charge in [0.25, 0.3) is 0 Å². The topological polar surface area (TPSA) is 78.8 Å². The molecule has 0 spiro atoms.